The van der Waals surface area contributed by atoms with Crippen LogP contribution in [-0.2, 0) is 10.2 Å². The quantitative estimate of drug-likeness (QED) is 0.674. The summed E-state index contributed by atoms with van der Waals surface area (Å²) < 4.78 is 4.89. The molecule has 28 heavy (non-hydrogen) atoms. The van der Waals surface area contributed by atoms with Gasteiger partial charge in [0.1, 0.15) is 0 Å². The zero-order chi connectivity index (χ0) is 20.1. The Labute approximate surface area is 165 Å². The molecule has 0 spiro atoms. The maximum Gasteiger partial charge on any atom is 0.337 e. The Morgan fingerprint density at radius 1 is 1.14 bits per heavy atom. The summed E-state index contributed by atoms with van der Waals surface area (Å²) in [5.41, 5.74) is 8.13. The fraction of sp³-hybridized carbons (Fsp3) is 0.250. The second-order valence-corrected chi connectivity index (χ2v) is 7.75. The van der Waals surface area contributed by atoms with Crippen LogP contribution in [0.1, 0.15) is 42.3 Å². The molecule has 0 unspecified atom stereocenters. The van der Waals surface area contributed by atoms with Crippen LogP contribution in [-0.4, -0.2) is 25.8 Å². The average Bonchev–Trinajstić information content (AvgIpc) is 3.10. The zero-order valence-corrected chi connectivity index (χ0v) is 16.9. The van der Waals surface area contributed by atoms with Crippen LogP contribution in [0.2, 0.25) is 0 Å². The lowest BCUT2D eigenvalue weighted by atomic mass is 9.83. The lowest BCUT2D eigenvalue weighted by molar-refractivity contribution is 0.0600. The van der Waals surface area contributed by atoms with Crippen LogP contribution < -0.4 is 4.90 Å². The van der Waals surface area contributed by atoms with Gasteiger partial charge in [0, 0.05) is 40.7 Å². The van der Waals surface area contributed by atoms with E-state index < -0.39 is 0 Å². The van der Waals surface area contributed by atoms with Crippen LogP contribution in [0.3, 0.4) is 0 Å². The van der Waals surface area contributed by atoms with Gasteiger partial charge in [0.05, 0.1) is 18.4 Å². The molecule has 4 rings (SSSR count). The predicted molar refractivity (Wildman–Crippen MR) is 114 cm³/mol. The molecule has 0 radical (unpaired) electrons. The smallest absolute Gasteiger partial charge is 0.337 e. The van der Waals surface area contributed by atoms with E-state index in [1.807, 2.05) is 43.3 Å². The molecule has 0 saturated carbocycles. The summed E-state index contributed by atoms with van der Waals surface area (Å²) in [6.45, 7) is 6.42. The second-order valence-electron chi connectivity index (χ2n) is 7.75. The van der Waals surface area contributed by atoms with Crippen LogP contribution in [0.5, 0.6) is 0 Å². The first-order valence-electron chi connectivity index (χ1n) is 9.38. The lowest BCUT2D eigenvalue weighted by Gasteiger charge is -2.24. The molecular formula is C24H24N2O2. The first-order valence-corrected chi connectivity index (χ1v) is 9.38. The van der Waals surface area contributed by atoms with Crippen LogP contribution in [0, 0.1) is 0 Å². The number of hydrogen-bond donors (Lipinski definition) is 0. The number of likely N-dealkylation sites (N-methyl/N-ethyl adjacent to an activating group) is 1. The van der Waals surface area contributed by atoms with E-state index in [4.69, 9.17) is 4.74 Å². The van der Waals surface area contributed by atoms with Gasteiger partial charge in [-0.15, -0.1) is 0 Å². The third-order valence-corrected chi connectivity index (χ3v) is 5.73. The number of benzene rings is 2. The molecule has 2 aromatic rings. The number of fused-ring (bicyclic) bond motifs is 2. The molecule has 2 aliphatic rings. The Bertz CT molecular complexity index is 1070. The number of esters is 1. The average molecular weight is 372 g/mol. The SMILES string of the molecule is COC(=O)c1ccc2c(c1)C(C)(C)/C(=C/C=C1/C(C)=Nc3ccccc31)N2C. The molecule has 0 N–H and O–H groups in total. The van der Waals surface area contributed by atoms with E-state index in [0.29, 0.717) is 5.56 Å². The van der Waals surface area contributed by atoms with Crippen molar-refractivity contribution in [2.75, 3.05) is 19.1 Å². The van der Waals surface area contributed by atoms with Crippen molar-refractivity contribution in [3.05, 3.63) is 77.0 Å². The van der Waals surface area contributed by atoms with Crippen molar-refractivity contribution >= 4 is 28.6 Å². The Hall–Kier alpha value is -3.14. The van der Waals surface area contributed by atoms with E-state index >= 15 is 0 Å². The maximum atomic E-state index is 12.0. The Morgan fingerprint density at radius 2 is 1.89 bits per heavy atom. The Balaban J connectivity index is 1.77. The van der Waals surface area contributed by atoms with E-state index in [9.17, 15) is 4.79 Å². The molecule has 0 aliphatic carbocycles. The van der Waals surface area contributed by atoms with Crippen LogP contribution in [0.15, 0.2) is 65.3 Å². The summed E-state index contributed by atoms with van der Waals surface area (Å²) in [6, 6.07) is 14.0. The van der Waals surface area contributed by atoms with Gasteiger partial charge in [-0.2, -0.15) is 0 Å². The minimum absolute atomic E-state index is 0.228. The molecule has 0 amide bonds. The van der Waals surface area contributed by atoms with Crippen molar-refractivity contribution in [1.29, 1.82) is 0 Å². The molecule has 0 fully saturated rings. The summed E-state index contributed by atoms with van der Waals surface area (Å²) in [5, 5.41) is 0. The first kappa shape index (κ1) is 18.2. The lowest BCUT2D eigenvalue weighted by Crippen LogP contribution is -2.22. The first-order chi connectivity index (χ1) is 13.3. The van der Waals surface area contributed by atoms with Crippen molar-refractivity contribution in [2.24, 2.45) is 4.99 Å². The summed E-state index contributed by atoms with van der Waals surface area (Å²) >= 11 is 0. The molecule has 2 aliphatic heterocycles. The molecule has 2 aromatic carbocycles. The second kappa shape index (κ2) is 6.48. The highest BCUT2D eigenvalue weighted by molar-refractivity contribution is 6.28. The number of methoxy groups -OCH3 is 1. The van der Waals surface area contributed by atoms with Gasteiger partial charge in [-0.05, 0) is 42.8 Å². The zero-order valence-electron chi connectivity index (χ0n) is 16.9. The third kappa shape index (κ3) is 2.68. The topological polar surface area (TPSA) is 41.9 Å². The van der Waals surface area contributed by atoms with Gasteiger partial charge in [-0.3, -0.25) is 4.99 Å². The number of anilines is 1. The fourth-order valence-corrected chi connectivity index (χ4v) is 4.19. The van der Waals surface area contributed by atoms with E-state index in [-0.39, 0.29) is 11.4 Å². The standard InChI is InChI=1S/C24H24N2O2/c1-15-17(18-8-6-7-9-20(18)25-15)11-13-22-24(2,3)19-14-16(23(27)28-5)10-12-21(19)26(22)4/h6-14H,1-5H3/b17-11-,22-13-. The molecule has 0 atom stereocenters. The highest BCUT2D eigenvalue weighted by Crippen LogP contribution is 2.47. The number of aliphatic imine (C=N–C) groups is 1. The number of para-hydroxylation sites is 1. The molecule has 4 heteroatoms. The largest absolute Gasteiger partial charge is 0.465 e. The normalized spacial score (nSPS) is 19.6. The van der Waals surface area contributed by atoms with Crippen molar-refractivity contribution in [1.82, 2.24) is 0 Å². The molecule has 0 aromatic heterocycles. The fourth-order valence-electron chi connectivity index (χ4n) is 4.19. The van der Waals surface area contributed by atoms with Crippen molar-refractivity contribution in [3.63, 3.8) is 0 Å². The number of carbonyl (C=O) groups excluding carboxylic acids is 1. The summed E-state index contributed by atoms with van der Waals surface area (Å²) in [7, 11) is 3.48. The molecule has 2 heterocycles. The number of ether oxygens (including phenoxy) is 1. The number of carbonyl (C=O) groups is 1. The molecular weight excluding hydrogens is 348 g/mol. The van der Waals surface area contributed by atoms with Crippen LogP contribution >= 0.6 is 0 Å². The highest BCUT2D eigenvalue weighted by Gasteiger charge is 2.38. The number of allylic oxidation sites excluding steroid dienone is 4. The highest BCUT2D eigenvalue weighted by atomic mass is 16.5. The van der Waals surface area contributed by atoms with E-state index in [2.05, 4.69) is 49.0 Å². The van der Waals surface area contributed by atoms with Gasteiger partial charge in [0.15, 0.2) is 0 Å². The van der Waals surface area contributed by atoms with Gasteiger partial charge in [0.2, 0.25) is 0 Å². The van der Waals surface area contributed by atoms with E-state index in [0.717, 1.165) is 28.2 Å². The summed E-state index contributed by atoms with van der Waals surface area (Å²) in [4.78, 5) is 18.8. The molecule has 0 bridgehead atoms. The van der Waals surface area contributed by atoms with E-state index in [1.54, 1.807) is 0 Å². The van der Waals surface area contributed by atoms with Crippen LogP contribution in [0.25, 0.3) is 5.57 Å². The van der Waals surface area contributed by atoms with Gasteiger partial charge >= 0.3 is 5.97 Å². The monoisotopic (exact) mass is 372 g/mol. The Morgan fingerprint density at radius 3 is 2.64 bits per heavy atom. The minimum Gasteiger partial charge on any atom is -0.465 e. The molecule has 142 valence electrons. The van der Waals surface area contributed by atoms with Crippen molar-refractivity contribution in [2.45, 2.75) is 26.2 Å². The number of hydrogen-bond acceptors (Lipinski definition) is 4. The summed E-state index contributed by atoms with van der Waals surface area (Å²) in [5.74, 6) is -0.310. The maximum absolute atomic E-state index is 12.0. The summed E-state index contributed by atoms with van der Waals surface area (Å²) in [6.07, 6.45) is 4.33. The predicted octanol–water partition coefficient (Wildman–Crippen LogP) is 5.27. The van der Waals surface area contributed by atoms with Gasteiger partial charge < -0.3 is 9.64 Å². The number of rotatable bonds is 2. The Kier molecular flexibility index (Phi) is 4.22. The molecule has 4 nitrogen and oxygen atoms in total. The van der Waals surface area contributed by atoms with Gasteiger partial charge in [0.25, 0.3) is 0 Å². The van der Waals surface area contributed by atoms with Gasteiger partial charge in [-0.1, -0.05) is 38.1 Å². The van der Waals surface area contributed by atoms with Crippen molar-refractivity contribution < 1.29 is 9.53 Å². The van der Waals surface area contributed by atoms with Crippen LogP contribution in [0.4, 0.5) is 11.4 Å². The minimum atomic E-state index is -0.310. The molecule has 0 saturated heterocycles. The van der Waals surface area contributed by atoms with Crippen molar-refractivity contribution in [3.8, 4) is 0 Å². The van der Waals surface area contributed by atoms with E-state index in [1.165, 1.54) is 18.4 Å². The van der Waals surface area contributed by atoms with Gasteiger partial charge in [-0.25, -0.2) is 4.79 Å². The third-order valence-electron chi connectivity index (χ3n) is 5.73. The number of nitrogens with zero attached hydrogens (tertiary/aromatic N) is 2.